The van der Waals surface area contributed by atoms with Gasteiger partial charge in [0.05, 0.1) is 13.5 Å². The maximum absolute atomic E-state index is 12.5. The molecule has 0 bridgehead atoms. The molecule has 4 nitrogen and oxygen atoms in total. The smallest absolute Gasteiger partial charge is 0.341 e. The highest BCUT2D eigenvalue weighted by atomic mass is 32.1. The summed E-state index contributed by atoms with van der Waals surface area (Å²) in [6.07, 6.45) is 0.248. The van der Waals surface area contributed by atoms with Crippen LogP contribution in [0, 0.1) is 13.8 Å². The van der Waals surface area contributed by atoms with Gasteiger partial charge in [0.2, 0.25) is 5.91 Å². The van der Waals surface area contributed by atoms with E-state index < -0.39 is 5.97 Å². The largest absolute Gasteiger partial charge is 0.465 e. The van der Waals surface area contributed by atoms with Gasteiger partial charge in [0, 0.05) is 10.4 Å². The monoisotopic (exact) mass is 379 g/mol. The SMILES string of the molecule is COC(=O)c1c(NC(=O)Cc2ccccc2)sc(C)c1-c1ccc(C)cc1. The Morgan fingerprint density at radius 3 is 2.30 bits per heavy atom. The minimum atomic E-state index is -0.454. The fraction of sp³-hybridized carbons (Fsp3) is 0.182. The number of aryl methyl sites for hydroxylation is 2. The molecule has 27 heavy (non-hydrogen) atoms. The van der Waals surface area contributed by atoms with Crippen LogP contribution in [0.25, 0.3) is 11.1 Å². The average molecular weight is 379 g/mol. The van der Waals surface area contributed by atoms with E-state index in [-0.39, 0.29) is 12.3 Å². The van der Waals surface area contributed by atoms with E-state index in [1.54, 1.807) is 0 Å². The lowest BCUT2D eigenvalue weighted by atomic mass is 10.0. The Labute approximate surface area is 162 Å². The molecule has 0 radical (unpaired) electrons. The van der Waals surface area contributed by atoms with E-state index in [0.29, 0.717) is 10.6 Å². The Morgan fingerprint density at radius 1 is 1.00 bits per heavy atom. The minimum absolute atomic E-state index is 0.164. The van der Waals surface area contributed by atoms with Gasteiger partial charge in [-0.25, -0.2) is 4.79 Å². The van der Waals surface area contributed by atoms with Gasteiger partial charge in [-0.05, 0) is 25.0 Å². The number of benzene rings is 2. The van der Waals surface area contributed by atoms with E-state index in [1.165, 1.54) is 18.4 Å². The lowest BCUT2D eigenvalue weighted by Gasteiger charge is -2.08. The van der Waals surface area contributed by atoms with Crippen LogP contribution in [0.3, 0.4) is 0 Å². The molecule has 1 amide bonds. The van der Waals surface area contributed by atoms with Crippen LogP contribution in [-0.4, -0.2) is 19.0 Å². The van der Waals surface area contributed by atoms with Crippen LogP contribution in [0.15, 0.2) is 54.6 Å². The maximum Gasteiger partial charge on any atom is 0.341 e. The highest BCUT2D eigenvalue weighted by Gasteiger charge is 2.25. The van der Waals surface area contributed by atoms with Crippen LogP contribution in [0.4, 0.5) is 5.00 Å². The molecule has 3 aromatic rings. The Bertz CT molecular complexity index is 959. The first-order chi connectivity index (χ1) is 13.0. The first-order valence-electron chi connectivity index (χ1n) is 8.62. The average Bonchev–Trinajstić information content (AvgIpc) is 2.98. The van der Waals surface area contributed by atoms with Crippen LogP contribution >= 0.6 is 11.3 Å². The Morgan fingerprint density at radius 2 is 1.67 bits per heavy atom. The first kappa shape index (κ1) is 18.9. The van der Waals surface area contributed by atoms with Crippen molar-refractivity contribution < 1.29 is 14.3 Å². The zero-order valence-corrected chi connectivity index (χ0v) is 16.4. The molecular formula is C22H21NO3S. The number of amides is 1. The lowest BCUT2D eigenvalue weighted by molar-refractivity contribution is -0.115. The van der Waals surface area contributed by atoms with Crippen LogP contribution in [-0.2, 0) is 16.0 Å². The molecule has 0 aliphatic rings. The van der Waals surface area contributed by atoms with Gasteiger partial charge in [-0.2, -0.15) is 0 Å². The molecule has 0 unspecified atom stereocenters. The first-order valence-corrected chi connectivity index (χ1v) is 9.43. The molecule has 3 rings (SSSR count). The van der Waals surface area contributed by atoms with Crippen molar-refractivity contribution >= 4 is 28.2 Å². The van der Waals surface area contributed by atoms with Crippen molar-refractivity contribution in [2.45, 2.75) is 20.3 Å². The number of esters is 1. The molecule has 1 aromatic heterocycles. The summed E-state index contributed by atoms with van der Waals surface area (Å²) >= 11 is 1.39. The lowest BCUT2D eigenvalue weighted by Crippen LogP contribution is -2.16. The number of hydrogen-bond donors (Lipinski definition) is 1. The van der Waals surface area contributed by atoms with E-state index in [2.05, 4.69) is 5.32 Å². The van der Waals surface area contributed by atoms with Gasteiger partial charge in [0.1, 0.15) is 10.6 Å². The molecule has 0 saturated carbocycles. The quantitative estimate of drug-likeness (QED) is 0.635. The fourth-order valence-electron chi connectivity index (χ4n) is 2.95. The summed E-state index contributed by atoms with van der Waals surface area (Å²) in [7, 11) is 1.35. The Balaban J connectivity index is 1.95. The third-order valence-corrected chi connectivity index (χ3v) is 5.30. The van der Waals surface area contributed by atoms with Crippen LogP contribution < -0.4 is 5.32 Å². The molecule has 5 heteroatoms. The number of ether oxygens (including phenoxy) is 1. The normalized spacial score (nSPS) is 10.5. The molecule has 0 spiro atoms. The van der Waals surface area contributed by atoms with E-state index >= 15 is 0 Å². The van der Waals surface area contributed by atoms with Crippen molar-refractivity contribution in [3.63, 3.8) is 0 Å². The number of methoxy groups -OCH3 is 1. The number of nitrogens with one attached hydrogen (secondary N) is 1. The molecule has 2 aromatic carbocycles. The highest BCUT2D eigenvalue weighted by molar-refractivity contribution is 7.17. The van der Waals surface area contributed by atoms with E-state index in [1.807, 2.05) is 68.4 Å². The molecule has 1 heterocycles. The van der Waals surface area contributed by atoms with Gasteiger partial charge in [-0.1, -0.05) is 60.2 Å². The van der Waals surface area contributed by atoms with Gasteiger partial charge in [-0.3, -0.25) is 4.79 Å². The van der Waals surface area contributed by atoms with Crippen LogP contribution in [0.2, 0.25) is 0 Å². The standard InChI is InChI=1S/C22H21NO3S/c1-14-9-11-17(12-10-14)19-15(2)27-21(20(19)22(25)26-3)23-18(24)13-16-7-5-4-6-8-16/h4-12H,13H2,1-3H3,(H,23,24). The molecule has 0 fully saturated rings. The van der Waals surface area contributed by atoms with Crippen LogP contribution in [0.5, 0.6) is 0 Å². The Kier molecular flexibility index (Phi) is 5.72. The van der Waals surface area contributed by atoms with Crippen molar-refractivity contribution in [3.8, 4) is 11.1 Å². The van der Waals surface area contributed by atoms with Crippen molar-refractivity contribution in [1.82, 2.24) is 0 Å². The number of rotatable bonds is 5. The third kappa shape index (κ3) is 4.26. The number of carbonyl (C=O) groups excluding carboxylic acids is 2. The summed E-state index contributed by atoms with van der Waals surface area (Å²) in [5.74, 6) is -0.618. The van der Waals surface area contributed by atoms with Gasteiger partial charge in [-0.15, -0.1) is 11.3 Å². The predicted molar refractivity (Wildman–Crippen MR) is 109 cm³/mol. The molecule has 0 aliphatic heterocycles. The van der Waals surface area contributed by atoms with Gasteiger partial charge < -0.3 is 10.1 Å². The summed E-state index contributed by atoms with van der Waals surface area (Å²) in [6.45, 7) is 3.96. The topological polar surface area (TPSA) is 55.4 Å². The zero-order valence-electron chi connectivity index (χ0n) is 15.5. The van der Waals surface area contributed by atoms with Crippen LogP contribution in [0.1, 0.15) is 26.4 Å². The third-order valence-electron chi connectivity index (χ3n) is 4.27. The van der Waals surface area contributed by atoms with Crippen molar-refractivity contribution in [1.29, 1.82) is 0 Å². The molecule has 1 N–H and O–H groups in total. The van der Waals surface area contributed by atoms with Crippen molar-refractivity contribution in [3.05, 3.63) is 76.2 Å². The molecule has 0 atom stereocenters. The second kappa shape index (κ2) is 8.18. The maximum atomic E-state index is 12.5. The summed E-state index contributed by atoms with van der Waals surface area (Å²) in [5.41, 5.74) is 4.20. The molecule has 138 valence electrons. The van der Waals surface area contributed by atoms with E-state index in [9.17, 15) is 9.59 Å². The predicted octanol–water partition coefficient (Wildman–Crippen LogP) is 5.00. The fourth-order valence-corrected chi connectivity index (χ4v) is 4.03. The number of thiophene rings is 1. The summed E-state index contributed by atoms with van der Waals surface area (Å²) in [4.78, 5) is 25.9. The zero-order chi connectivity index (χ0) is 19.4. The molecule has 0 aliphatic carbocycles. The van der Waals surface area contributed by atoms with Crippen molar-refractivity contribution in [2.24, 2.45) is 0 Å². The Hall–Kier alpha value is -2.92. The second-order valence-corrected chi connectivity index (χ2v) is 7.53. The number of carbonyl (C=O) groups is 2. The second-order valence-electron chi connectivity index (χ2n) is 6.31. The van der Waals surface area contributed by atoms with Gasteiger partial charge >= 0.3 is 5.97 Å². The number of hydrogen-bond acceptors (Lipinski definition) is 4. The molecular weight excluding hydrogens is 358 g/mol. The summed E-state index contributed by atoms with van der Waals surface area (Å²) < 4.78 is 4.99. The van der Waals surface area contributed by atoms with Gasteiger partial charge in [0.25, 0.3) is 0 Å². The minimum Gasteiger partial charge on any atom is -0.465 e. The van der Waals surface area contributed by atoms with E-state index in [0.717, 1.165) is 27.1 Å². The highest BCUT2D eigenvalue weighted by Crippen LogP contribution is 2.40. The summed E-state index contributed by atoms with van der Waals surface area (Å²) in [5, 5.41) is 3.42. The van der Waals surface area contributed by atoms with Gasteiger partial charge in [0.15, 0.2) is 0 Å². The number of anilines is 1. The van der Waals surface area contributed by atoms with E-state index in [4.69, 9.17) is 4.74 Å². The van der Waals surface area contributed by atoms with Crippen molar-refractivity contribution in [2.75, 3.05) is 12.4 Å². The molecule has 0 saturated heterocycles. The summed E-state index contributed by atoms with van der Waals surface area (Å²) in [6, 6.07) is 17.5.